The molecule has 9 nitrogen and oxygen atoms in total. The zero-order chi connectivity index (χ0) is 22.1. The fraction of sp³-hybridized carbons (Fsp3) is 0.238. The average molecular weight is 441 g/mol. The van der Waals surface area contributed by atoms with E-state index >= 15 is 0 Å². The normalized spacial score (nSPS) is 13.0. The standard InChI is InChI=1S/C21H19N3O6S/c1-2-29-21(28)24-8-7-12-15(10-24)31-19(16(12)17(22)25)23-18(26)13-9-11-5-3-4-6-14(11)30-20(13)27/h3-6,9H,2,7-8,10H2,1H3,(H2,22,25)(H,23,26). The van der Waals surface area contributed by atoms with Crippen LogP contribution in [0.3, 0.4) is 0 Å². The fourth-order valence-corrected chi connectivity index (χ4v) is 4.78. The molecule has 0 fully saturated rings. The number of carbonyl (C=O) groups excluding carboxylic acids is 3. The van der Waals surface area contributed by atoms with E-state index in [4.69, 9.17) is 14.9 Å². The molecule has 0 spiro atoms. The van der Waals surface area contributed by atoms with Gasteiger partial charge in [0.05, 0.1) is 18.7 Å². The van der Waals surface area contributed by atoms with E-state index in [1.165, 1.54) is 11.0 Å². The van der Waals surface area contributed by atoms with Crippen molar-refractivity contribution in [3.05, 3.63) is 62.3 Å². The number of fused-ring (bicyclic) bond motifs is 2. The highest BCUT2D eigenvalue weighted by atomic mass is 32.1. The van der Waals surface area contributed by atoms with E-state index in [-0.39, 0.29) is 29.3 Å². The monoisotopic (exact) mass is 441 g/mol. The predicted molar refractivity (Wildman–Crippen MR) is 114 cm³/mol. The number of primary amides is 1. The van der Waals surface area contributed by atoms with Gasteiger partial charge in [0.2, 0.25) is 0 Å². The average Bonchev–Trinajstić information content (AvgIpc) is 3.10. The Labute approximate surface area is 180 Å². The Bertz CT molecular complexity index is 1260. The second kappa shape index (κ2) is 8.23. The maximum Gasteiger partial charge on any atom is 0.410 e. The molecule has 0 saturated heterocycles. The summed E-state index contributed by atoms with van der Waals surface area (Å²) < 4.78 is 10.2. The summed E-state index contributed by atoms with van der Waals surface area (Å²) >= 11 is 1.15. The van der Waals surface area contributed by atoms with Crippen LogP contribution in [0.2, 0.25) is 0 Å². The summed E-state index contributed by atoms with van der Waals surface area (Å²) in [5, 5.41) is 3.46. The Morgan fingerprint density at radius 3 is 2.81 bits per heavy atom. The van der Waals surface area contributed by atoms with E-state index in [0.717, 1.165) is 16.2 Å². The van der Waals surface area contributed by atoms with E-state index in [1.54, 1.807) is 31.2 Å². The molecule has 0 radical (unpaired) electrons. The first-order valence-corrected chi connectivity index (χ1v) is 10.4. The molecule has 3 N–H and O–H groups in total. The lowest BCUT2D eigenvalue weighted by Gasteiger charge is -2.26. The van der Waals surface area contributed by atoms with Crippen molar-refractivity contribution in [3.63, 3.8) is 0 Å². The van der Waals surface area contributed by atoms with Gasteiger partial charge in [-0.3, -0.25) is 9.59 Å². The first-order chi connectivity index (χ1) is 14.9. The van der Waals surface area contributed by atoms with Gasteiger partial charge in [0.25, 0.3) is 11.8 Å². The molecule has 3 amide bonds. The van der Waals surface area contributed by atoms with Gasteiger partial charge in [-0.05, 0) is 31.0 Å². The van der Waals surface area contributed by atoms with Crippen molar-refractivity contribution < 1.29 is 23.5 Å². The number of hydrogen-bond donors (Lipinski definition) is 2. The minimum absolute atomic E-state index is 0.186. The molecule has 2 aromatic heterocycles. The van der Waals surface area contributed by atoms with Crippen LogP contribution in [0, 0.1) is 0 Å². The quantitative estimate of drug-likeness (QED) is 0.599. The van der Waals surface area contributed by atoms with Crippen molar-refractivity contribution in [1.82, 2.24) is 4.90 Å². The van der Waals surface area contributed by atoms with Crippen molar-refractivity contribution in [3.8, 4) is 0 Å². The molecule has 1 aliphatic rings. The van der Waals surface area contributed by atoms with Gasteiger partial charge in [-0.1, -0.05) is 18.2 Å². The number of nitrogens with one attached hydrogen (secondary N) is 1. The number of hydrogen-bond acceptors (Lipinski definition) is 7. The number of carbonyl (C=O) groups is 3. The Hall–Kier alpha value is -3.66. The number of nitrogens with two attached hydrogens (primary N) is 1. The third kappa shape index (κ3) is 3.89. The number of ether oxygens (including phenoxy) is 1. The Balaban J connectivity index is 1.66. The summed E-state index contributed by atoms with van der Waals surface area (Å²) in [7, 11) is 0. The minimum Gasteiger partial charge on any atom is -0.450 e. The summed E-state index contributed by atoms with van der Waals surface area (Å²) in [6, 6.07) is 8.28. The number of amides is 3. The van der Waals surface area contributed by atoms with Gasteiger partial charge in [0.1, 0.15) is 16.1 Å². The summed E-state index contributed by atoms with van der Waals surface area (Å²) in [5.41, 5.74) is 5.86. The maximum absolute atomic E-state index is 12.8. The van der Waals surface area contributed by atoms with Crippen LogP contribution in [0.4, 0.5) is 9.80 Å². The lowest BCUT2D eigenvalue weighted by Crippen LogP contribution is -2.36. The van der Waals surface area contributed by atoms with Crippen molar-refractivity contribution >= 4 is 45.2 Å². The lowest BCUT2D eigenvalue weighted by molar-refractivity contribution is 0.0997. The number of para-hydroxylation sites is 1. The highest BCUT2D eigenvalue weighted by molar-refractivity contribution is 7.17. The molecule has 10 heteroatoms. The summed E-state index contributed by atoms with van der Waals surface area (Å²) in [5.74, 6) is -1.40. The third-order valence-corrected chi connectivity index (χ3v) is 6.07. The van der Waals surface area contributed by atoms with Gasteiger partial charge in [0, 0.05) is 16.8 Å². The summed E-state index contributed by atoms with van der Waals surface area (Å²) in [6.45, 7) is 2.59. The van der Waals surface area contributed by atoms with Crippen molar-refractivity contribution in [2.75, 3.05) is 18.5 Å². The highest BCUT2D eigenvalue weighted by Crippen LogP contribution is 2.37. The topological polar surface area (TPSA) is 132 Å². The summed E-state index contributed by atoms with van der Waals surface area (Å²) in [6.07, 6.45) is -0.0433. The predicted octanol–water partition coefficient (Wildman–Crippen LogP) is 2.72. The van der Waals surface area contributed by atoms with Crippen LogP contribution in [-0.4, -0.2) is 36.0 Å². The molecule has 1 aromatic carbocycles. The van der Waals surface area contributed by atoms with Gasteiger partial charge in [-0.2, -0.15) is 0 Å². The molecule has 0 saturated carbocycles. The van der Waals surface area contributed by atoms with Crippen LogP contribution >= 0.6 is 11.3 Å². The zero-order valence-corrected chi connectivity index (χ0v) is 17.4. The van der Waals surface area contributed by atoms with Crippen molar-refractivity contribution in [2.24, 2.45) is 5.73 Å². The molecule has 160 valence electrons. The van der Waals surface area contributed by atoms with Gasteiger partial charge in [-0.25, -0.2) is 9.59 Å². The number of benzene rings is 1. The van der Waals surface area contributed by atoms with Gasteiger partial charge < -0.3 is 25.1 Å². The molecule has 0 atom stereocenters. The van der Waals surface area contributed by atoms with Crippen molar-refractivity contribution in [2.45, 2.75) is 19.9 Å². The first-order valence-electron chi connectivity index (χ1n) is 9.59. The molecule has 4 rings (SSSR count). The fourth-order valence-electron chi connectivity index (χ4n) is 3.51. The summed E-state index contributed by atoms with van der Waals surface area (Å²) in [4.78, 5) is 51.5. The smallest absolute Gasteiger partial charge is 0.410 e. The van der Waals surface area contributed by atoms with Crippen LogP contribution in [-0.2, 0) is 17.7 Å². The molecule has 1 aliphatic heterocycles. The second-order valence-electron chi connectivity index (χ2n) is 6.88. The molecular weight excluding hydrogens is 422 g/mol. The van der Waals surface area contributed by atoms with Crippen LogP contribution in [0.25, 0.3) is 11.0 Å². The van der Waals surface area contributed by atoms with Crippen LogP contribution < -0.4 is 16.7 Å². The Kier molecular flexibility index (Phi) is 5.47. The highest BCUT2D eigenvalue weighted by Gasteiger charge is 2.30. The van der Waals surface area contributed by atoms with E-state index in [0.29, 0.717) is 29.5 Å². The molecule has 3 aromatic rings. The van der Waals surface area contributed by atoms with E-state index in [1.807, 2.05) is 0 Å². The number of anilines is 1. The van der Waals surface area contributed by atoms with Gasteiger partial charge in [0.15, 0.2) is 0 Å². The molecule has 0 aliphatic carbocycles. The zero-order valence-electron chi connectivity index (χ0n) is 16.6. The number of rotatable bonds is 4. The van der Waals surface area contributed by atoms with E-state index in [9.17, 15) is 19.2 Å². The SMILES string of the molecule is CCOC(=O)N1CCc2c(sc(NC(=O)c3cc4ccccc4oc3=O)c2C(N)=O)C1. The third-order valence-electron chi connectivity index (χ3n) is 4.94. The van der Waals surface area contributed by atoms with Gasteiger partial charge >= 0.3 is 11.7 Å². The molecule has 3 heterocycles. The van der Waals surface area contributed by atoms with E-state index in [2.05, 4.69) is 5.32 Å². The van der Waals surface area contributed by atoms with Crippen LogP contribution in [0.15, 0.2) is 39.5 Å². The number of thiophene rings is 1. The van der Waals surface area contributed by atoms with Gasteiger partial charge in [-0.15, -0.1) is 11.3 Å². The van der Waals surface area contributed by atoms with E-state index < -0.39 is 23.5 Å². The van der Waals surface area contributed by atoms with Crippen LogP contribution in [0.1, 0.15) is 38.1 Å². The van der Waals surface area contributed by atoms with Crippen molar-refractivity contribution in [1.29, 1.82) is 0 Å². The minimum atomic E-state index is -0.786. The van der Waals surface area contributed by atoms with Crippen LogP contribution in [0.5, 0.6) is 0 Å². The lowest BCUT2D eigenvalue weighted by atomic mass is 10.0. The Morgan fingerprint density at radius 1 is 1.29 bits per heavy atom. The largest absolute Gasteiger partial charge is 0.450 e. The molecule has 0 bridgehead atoms. The number of nitrogens with zero attached hydrogens (tertiary/aromatic N) is 1. The molecule has 0 unspecified atom stereocenters. The molecular formula is C21H19N3O6S. The maximum atomic E-state index is 12.8. The first kappa shape index (κ1) is 20.6. The second-order valence-corrected chi connectivity index (χ2v) is 7.99. The molecule has 31 heavy (non-hydrogen) atoms. The Morgan fingerprint density at radius 2 is 2.06 bits per heavy atom.